The molecule has 1 aromatic carbocycles. The molecule has 2 heterocycles. The highest BCUT2D eigenvalue weighted by molar-refractivity contribution is 5.79. The molecule has 0 aliphatic carbocycles. The third-order valence-corrected chi connectivity index (χ3v) is 3.02. The van der Waals surface area contributed by atoms with E-state index < -0.39 is 0 Å². The first kappa shape index (κ1) is 11.5. The summed E-state index contributed by atoms with van der Waals surface area (Å²) in [6.45, 7) is 0.476. The van der Waals surface area contributed by atoms with Crippen LogP contribution in [0.1, 0.15) is 5.56 Å². The second-order valence-corrected chi connectivity index (χ2v) is 4.28. The van der Waals surface area contributed by atoms with Crippen molar-refractivity contribution in [2.24, 2.45) is 0 Å². The van der Waals surface area contributed by atoms with Crippen molar-refractivity contribution in [1.82, 2.24) is 14.8 Å². The van der Waals surface area contributed by atoms with E-state index in [0.717, 1.165) is 11.1 Å². The number of benzene rings is 1. The molecule has 1 N–H and O–H groups in total. The Balaban J connectivity index is 2.05. The number of nitrogens with zero attached hydrogens (tertiary/aromatic N) is 2. The molecule has 0 aliphatic heterocycles. The zero-order valence-corrected chi connectivity index (χ0v) is 10.5. The lowest BCUT2D eigenvalue weighted by Gasteiger charge is -2.00. The van der Waals surface area contributed by atoms with Gasteiger partial charge >= 0.3 is 0 Å². The van der Waals surface area contributed by atoms with Gasteiger partial charge in [0, 0.05) is 12.4 Å². The molecule has 0 aliphatic rings. The second kappa shape index (κ2) is 4.61. The van der Waals surface area contributed by atoms with Crippen LogP contribution < -0.4 is 10.3 Å². The zero-order valence-electron chi connectivity index (χ0n) is 10.5. The van der Waals surface area contributed by atoms with Gasteiger partial charge in [-0.25, -0.2) is 4.68 Å². The number of pyridine rings is 1. The lowest BCUT2D eigenvalue weighted by atomic mass is 10.2. The number of fused-ring (bicyclic) bond motifs is 1. The van der Waals surface area contributed by atoms with Crippen molar-refractivity contribution in [1.29, 1.82) is 0 Å². The van der Waals surface area contributed by atoms with Gasteiger partial charge in [0.15, 0.2) is 0 Å². The first-order valence-corrected chi connectivity index (χ1v) is 5.93. The molecular weight excluding hydrogens is 242 g/mol. The van der Waals surface area contributed by atoms with Crippen molar-refractivity contribution in [3.8, 4) is 5.75 Å². The Labute approximate surface area is 109 Å². The molecule has 3 rings (SSSR count). The van der Waals surface area contributed by atoms with E-state index in [0.29, 0.717) is 17.7 Å². The first-order valence-electron chi connectivity index (χ1n) is 5.93. The Bertz CT molecular complexity index is 759. The number of hydrogen-bond acceptors (Lipinski definition) is 3. The van der Waals surface area contributed by atoms with Crippen LogP contribution in [-0.2, 0) is 6.54 Å². The third kappa shape index (κ3) is 2.10. The van der Waals surface area contributed by atoms with Gasteiger partial charge in [-0.15, -0.1) is 0 Å². The number of aromatic amines is 1. The molecule has 96 valence electrons. The van der Waals surface area contributed by atoms with Crippen molar-refractivity contribution < 1.29 is 4.74 Å². The SMILES string of the molecule is COc1ccc2[nH]n(Cc3cccnc3)c(=O)c2c1. The topological polar surface area (TPSA) is 59.9 Å². The van der Waals surface area contributed by atoms with Crippen molar-refractivity contribution in [3.05, 3.63) is 58.6 Å². The molecule has 19 heavy (non-hydrogen) atoms. The van der Waals surface area contributed by atoms with Gasteiger partial charge in [-0.2, -0.15) is 0 Å². The number of aromatic nitrogens is 3. The fourth-order valence-corrected chi connectivity index (χ4v) is 2.05. The van der Waals surface area contributed by atoms with Crippen LogP contribution in [-0.4, -0.2) is 21.9 Å². The van der Waals surface area contributed by atoms with Gasteiger partial charge in [0.2, 0.25) is 0 Å². The van der Waals surface area contributed by atoms with Crippen LogP contribution >= 0.6 is 0 Å². The maximum atomic E-state index is 12.3. The predicted molar refractivity (Wildman–Crippen MR) is 72.4 cm³/mol. The number of methoxy groups -OCH3 is 1. The van der Waals surface area contributed by atoms with Gasteiger partial charge in [-0.1, -0.05) is 6.07 Å². The Hall–Kier alpha value is -2.56. The largest absolute Gasteiger partial charge is 0.497 e. The quantitative estimate of drug-likeness (QED) is 0.776. The minimum atomic E-state index is -0.0576. The average molecular weight is 255 g/mol. The second-order valence-electron chi connectivity index (χ2n) is 4.28. The summed E-state index contributed by atoms with van der Waals surface area (Å²) in [4.78, 5) is 16.3. The van der Waals surface area contributed by atoms with E-state index in [1.54, 1.807) is 30.3 Å². The van der Waals surface area contributed by atoms with Gasteiger partial charge in [-0.05, 0) is 29.8 Å². The predicted octanol–water partition coefficient (Wildman–Crippen LogP) is 1.78. The number of ether oxygens (including phenoxy) is 1. The van der Waals surface area contributed by atoms with Crippen LogP contribution in [0.5, 0.6) is 5.75 Å². The zero-order chi connectivity index (χ0) is 13.2. The van der Waals surface area contributed by atoms with Crippen LogP contribution in [0.2, 0.25) is 0 Å². The summed E-state index contributed by atoms with van der Waals surface area (Å²) < 4.78 is 6.70. The Morgan fingerprint density at radius 1 is 1.37 bits per heavy atom. The maximum absolute atomic E-state index is 12.3. The molecule has 2 aromatic heterocycles. The van der Waals surface area contributed by atoms with Gasteiger partial charge < -0.3 is 4.74 Å². The average Bonchev–Trinajstić information content (AvgIpc) is 2.76. The maximum Gasteiger partial charge on any atom is 0.274 e. The third-order valence-electron chi connectivity index (χ3n) is 3.02. The molecule has 0 radical (unpaired) electrons. The standard InChI is InChI=1S/C14H13N3O2/c1-19-11-4-5-13-12(7-11)14(18)17(16-13)9-10-3-2-6-15-8-10/h2-8,16H,9H2,1H3. The van der Waals surface area contributed by atoms with Crippen LogP contribution in [0.3, 0.4) is 0 Å². The Kier molecular flexibility index (Phi) is 2.79. The highest BCUT2D eigenvalue weighted by Crippen LogP contribution is 2.16. The summed E-state index contributed by atoms with van der Waals surface area (Å²) in [5, 5.41) is 3.71. The van der Waals surface area contributed by atoms with E-state index >= 15 is 0 Å². The smallest absolute Gasteiger partial charge is 0.274 e. The summed E-state index contributed by atoms with van der Waals surface area (Å²) in [6, 6.07) is 9.20. The van der Waals surface area contributed by atoms with Crippen molar-refractivity contribution in [2.75, 3.05) is 7.11 Å². The number of rotatable bonds is 3. The normalized spacial score (nSPS) is 10.8. The molecule has 0 spiro atoms. The lowest BCUT2D eigenvalue weighted by Crippen LogP contribution is -2.17. The Morgan fingerprint density at radius 2 is 2.26 bits per heavy atom. The van der Waals surface area contributed by atoms with Crippen LogP contribution in [0.15, 0.2) is 47.5 Å². The van der Waals surface area contributed by atoms with Gasteiger partial charge in [0.05, 0.1) is 24.6 Å². The summed E-state index contributed by atoms with van der Waals surface area (Å²) >= 11 is 0. The molecule has 0 bridgehead atoms. The molecular formula is C14H13N3O2. The monoisotopic (exact) mass is 255 g/mol. The van der Waals surface area contributed by atoms with E-state index in [9.17, 15) is 4.79 Å². The molecule has 5 heteroatoms. The van der Waals surface area contributed by atoms with Crippen molar-refractivity contribution >= 4 is 10.9 Å². The van der Waals surface area contributed by atoms with Gasteiger partial charge in [-0.3, -0.25) is 14.9 Å². The molecule has 0 amide bonds. The minimum Gasteiger partial charge on any atom is -0.497 e. The summed E-state index contributed by atoms with van der Waals surface area (Å²) in [6.07, 6.45) is 3.46. The van der Waals surface area contributed by atoms with Crippen LogP contribution in [0, 0.1) is 0 Å². The summed E-state index contributed by atoms with van der Waals surface area (Å²) in [5.41, 5.74) is 1.72. The van der Waals surface area contributed by atoms with Gasteiger partial charge in [0.1, 0.15) is 5.75 Å². The van der Waals surface area contributed by atoms with Crippen molar-refractivity contribution in [2.45, 2.75) is 6.54 Å². The van der Waals surface area contributed by atoms with E-state index in [1.165, 1.54) is 0 Å². The van der Waals surface area contributed by atoms with E-state index in [-0.39, 0.29) is 5.56 Å². The van der Waals surface area contributed by atoms with Crippen LogP contribution in [0.25, 0.3) is 10.9 Å². The molecule has 5 nitrogen and oxygen atoms in total. The van der Waals surface area contributed by atoms with E-state index in [1.807, 2.05) is 24.3 Å². The molecule has 0 saturated heterocycles. The first-order chi connectivity index (χ1) is 9.28. The number of nitrogens with one attached hydrogen (secondary N) is 1. The van der Waals surface area contributed by atoms with Crippen molar-refractivity contribution in [3.63, 3.8) is 0 Å². The minimum absolute atomic E-state index is 0.0576. The van der Waals surface area contributed by atoms with Gasteiger partial charge in [0.25, 0.3) is 5.56 Å². The molecule has 0 atom stereocenters. The lowest BCUT2D eigenvalue weighted by molar-refractivity contribution is 0.415. The summed E-state index contributed by atoms with van der Waals surface area (Å²) in [7, 11) is 1.59. The molecule has 0 unspecified atom stereocenters. The summed E-state index contributed by atoms with van der Waals surface area (Å²) in [5.74, 6) is 0.678. The van der Waals surface area contributed by atoms with Crippen LogP contribution in [0.4, 0.5) is 0 Å². The fraction of sp³-hybridized carbons (Fsp3) is 0.143. The molecule has 0 fully saturated rings. The highest BCUT2D eigenvalue weighted by Gasteiger charge is 2.08. The molecule has 3 aromatic rings. The number of H-pyrrole nitrogens is 1. The molecule has 0 saturated carbocycles. The Morgan fingerprint density at radius 3 is 3.00 bits per heavy atom. The van der Waals surface area contributed by atoms with E-state index in [2.05, 4.69) is 10.1 Å². The fourth-order valence-electron chi connectivity index (χ4n) is 2.05. The highest BCUT2D eigenvalue weighted by atomic mass is 16.5. The number of hydrogen-bond donors (Lipinski definition) is 1. The van der Waals surface area contributed by atoms with E-state index in [4.69, 9.17) is 4.74 Å².